The van der Waals surface area contributed by atoms with Crippen molar-refractivity contribution in [3.05, 3.63) is 45.8 Å². The monoisotopic (exact) mass is 395 g/mol. The largest absolute Gasteiger partial charge is 0.361 e. The van der Waals surface area contributed by atoms with Crippen molar-refractivity contribution in [3.8, 4) is 0 Å². The molecule has 0 spiro atoms. The zero-order chi connectivity index (χ0) is 19.1. The van der Waals surface area contributed by atoms with Crippen LogP contribution in [0.4, 0.5) is 5.69 Å². The lowest BCUT2D eigenvalue weighted by Crippen LogP contribution is -2.26. The molecule has 8 heteroatoms. The summed E-state index contributed by atoms with van der Waals surface area (Å²) in [4.78, 5) is 24.5. The summed E-state index contributed by atoms with van der Waals surface area (Å²) in [5.41, 5.74) is 2.64. The van der Waals surface area contributed by atoms with E-state index in [-0.39, 0.29) is 17.6 Å². The number of halogens is 1. The fourth-order valence-corrected chi connectivity index (χ4v) is 3.44. The molecule has 0 saturated carbocycles. The van der Waals surface area contributed by atoms with Crippen LogP contribution in [0, 0.1) is 13.8 Å². The van der Waals surface area contributed by atoms with Gasteiger partial charge >= 0.3 is 0 Å². The van der Waals surface area contributed by atoms with Crippen molar-refractivity contribution < 1.29 is 14.1 Å². The summed E-state index contributed by atoms with van der Waals surface area (Å²) in [6.07, 6.45) is 0.833. The molecule has 2 N–H and O–H groups in total. The van der Waals surface area contributed by atoms with Gasteiger partial charge in [0.25, 0.3) is 5.91 Å². The Bertz CT molecular complexity index is 772. The van der Waals surface area contributed by atoms with Gasteiger partial charge in [-0.1, -0.05) is 23.7 Å². The molecule has 1 heterocycles. The Morgan fingerprint density at radius 3 is 2.73 bits per heavy atom. The molecule has 0 aliphatic carbocycles. The molecule has 2 aromatic rings. The van der Waals surface area contributed by atoms with E-state index in [0.717, 1.165) is 23.4 Å². The van der Waals surface area contributed by atoms with Crippen molar-refractivity contribution in [3.63, 3.8) is 0 Å². The third-order valence-electron chi connectivity index (χ3n) is 3.70. The standard InChI is InChI=1S/C18H22ClN3O3S/c1-4-7-20-18(24)14-6-5-13(19)8-16(14)21-17(23)10-26-9-15-11(2)22-25-12(15)3/h5-6,8H,4,7,9-10H2,1-3H3,(H,20,24)(H,21,23). The number of benzene rings is 1. The van der Waals surface area contributed by atoms with Gasteiger partial charge in [-0.05, 0) is 38.5 Å². The topological polar surface area (TPSA) is 84.2 Å². The van der Waals surface area contributed by atoms with E-state index in [1.807, 2.05) is 20.8 Å². The van der Waals surface area contributed by atoms with Crippen LogP contribution in [-0.4, -0.2) is 29.3 Å². The molecule has 0 aliphatic heterocycles. The second-order valence-electron chi connectivity index (χ2n) is 5.79. The van der Waals surface area contributed by atoms with Gasteiger partial charge in [-0.3, -0.25) is 9.59 Å². The number of thioether (sulfide) groups is 1. The van der Waals surface area contributed by atoms with Gasteiger partial charge in [0, 0.05) is 22.9 Å². The first-order chi connectivity index (χ1) is 12.4. The van der Waals surface area contributed by atoms with Crippen molar-refractivity contribution in [2.24, 2.45) is 0 Å². The highest BCUT2D eigenvalue weighted by Gasteiger charge is 2.15. The lowest BCUT2D eigenvalue weighted by atomic mass is 10.1. The highest BCUT2D eigenvalue weighted by molar-refractivity contribution is 7.99. The maximum Gasteiger partial charge on any atom is 0.253 e. The zero-order valence-electron chi connectivity index (χ0n) is 15.0. The minimum Gasteiger partial charge on any atom is -0.361 e. The third-order valence-corrected chi connectivity index (χ3v) is 4.89. The van der Waals surface area contributed by atoms with Crippen molar-refractivity contribution in [2.45, 2.75) is 32.9 Å². The summed E-state index contributed by atoms with van der Waals surface area (Å²) in [6.45, 7) is 6.27. The smallest absolute Gasteiger partial charge is 0.253 e. The predicted octanol–water partition coefficient (Wildman–Crippen LogP) is 3.96. The predicted molar refractivity (Wildman–Crippen MR) is 105 cm³/mol. The van der Waals surface area contributed by atoms with E-state index in [0.29, 0.717) is 28.6 Å². The lowest BCUT2D eigenvalue weighted by molar-refractivity contribution is -0.113. The summed E-state index contributed by atoms with van der Waals surface area (Å²) in [5.74, 6) is 1.21. The molecule has 0 bridgehead atoms. The second-order valence-corrected chi connectivity index (χ2v) is 7.21. The first-order valence-electron chi connectivity index (χ1n) is 8.29. The summed E-state index contributed by atoms with van der Waals surface area (Å²) in [6, 6.07) is 4.82. The van der Waals surface area contributed by atoms with Crippen molar-refractivity contribution >= 4 is 40.9 Å². The molecule has 1 aromatic heterocycles. The minimum absolute atomic E-state index is 0.200. The fraction of sp³-hybridized carbons (Fsp3) is 0.389. The van der Waals surface area contributed by atoms with Crippen LogP contribution in [0.2, 0.25) is 5.02 Å². The number of hydrogen-bond acceptors (Lipinski definition) is 5. The summed E-state index contributed by atoms with van der Waals surface area (Å²) in [7, 11) is 0. The lowest BCUT2D eigenvalue weighted by Gasteiger charge is -2.12. The van der Waals surface area contributed by atoms with Crippen LogP contribution in [-0.2, 0) is 10.5 Å². The molecule has 1 aromatic carbocycles. The Hall–Kier alpha value is -1.99. The molecule has 0 radical (unpaired) electrons. The van der Waals surface area contributed by atoms with Gasteiger partial charge in [0.2, 0.25) is 5.91 Å². The number of rotatable bonds is 8. The average Bonchev–Trinajstić information content (AvgIpc) is 2.91. The number of aryl methyl sites for hydroxylation is 2. The van der Waals surface area contributed by atoms with Gasteiger partial charge in [-0.15, -0.1) is 11.8 Å². The Morgan fingerprint density at radius 2 is 2.08 bits per heavy atom. The number of nitrogens with one attached hydrogen (secondary N) is 2. The van der Waals surface area contributed by atoms with Gasteiger partial charge in [-0.2, -0.15) is 0 Å². The fourth-order valence-electron chi connectivity index (χ4n) is 2.29. The summed E-state index contributed by atoms with van der Waals surface area (Å²) in [5, 5.41) is 9.93. The molecule has 6 nitrogen and oxygen atoms in total. The van der Waals surface area contributed by atoms with E-state index in [9.17, 15) is 9.59 Å². The minimum atomic E-state index is -0.234. The van der Waals surface area contributed by atoms with Gasteiger partial charge in [-0.25, -0.2) is 0 Å². The molecule has 2 amide bonds. The SMILES string of the molecule is CCCNC(=O)c1ccc(Cl)cc1NC(=O)CSCc1c(C)noc1C. The Balaban J connectivity index is 1.97. The number of anilines is 1. The van der Waals surface area contributed by atoms with E-state index in [1.165, 1.54) is 11.8 Å². The molecule has 0 fully saturated rings. The first kappa shape index (κ1) is 20.3. The first-order valence-corrected chi connectivity index (χ1v) is 9.82. The molecular formula is C18H22ClN3O3S. The maximum absolute atomic E-state index is 12.3. The van der Waals surface area contributed by atoms with Crippen LogP contribution < -0.4 is 10.6 Å². The van der Waals surface area contributed by atoms with Crippen LogP contribution in [0.1, 0.15) is 40.7 Å². The maximum atomic E-state index is 12.3. The number of carbonyl (C=O) groups is 2. The molecule has 0 unspecified atom stereocenters. The van der Waals surface area contributed by atoms with E-state index in [2.05, 4.69) is 15.8 Å². The van der Waals surface area contributed by atoms with Crippen LogP contribution in [0.3, 0.4) is 0 Å². The van der Waals surface area contributed by atoms with Crippen LogP contribution in [0.15, 0.2) is 22.7 Å². The highest BCUT2D eigenvalue weighted by Crippen LogP contribution is 2.23. The van der Waals surface area contributed by atoms with Crippen LogP contribution >= 0.6 is 23.4 Å². The van der Waals surface area contributed by atoms with Gasteiger partial charge < -0.3 is 15.2 Å². The van der Waals surface area contributed by atoms with Gasteiger partial charge in [0.05, 0.1) is 22.7 Å². The van der Waals surface area contributed by atoms with Gasteiger partial charge in [0.1, 0.15) is 5.76 Å². The zero-order valence-corrected chi connectivity index (χ0v) is 16.6. The number of aromatic nitrogens is 1. The third kappa shape index (κ3) is 5.51. The van der Waals surface area contributed by atoms with Crippen LogP contribution in [0.5, 0.6) is 0 Å². The average molecular weight is 396 g/mol. The normalized spacial score (nSPS) is 10.6. The van der Waals surface area contributed by atoms with Gasteiger partial charge in [0.15, 0.2) is 0 Å². The van der Waals surface area contributed by atoms with Crippen molar-refractivity contribution in [1.29, 1.82) is 0 Å². The van der Waals surface area contributed by atoms with E-state index in [1.54, 1.807) is 18.2 Å². The van der Waals surface area contributed by atoms with Crippen molar-refractivity contribution in [1.82, 2.24) is 10.5 Å². The Labute approximate surface area is 162 Å². The highest BCUT2D eigenvalue weighted by atomic mass is 35.5. The molecule has 0 aliphatic rings. The van der Waals surface area contributed by atoms with E-state index in [4.69, 9.17) is 16.1 Å². The summed E-state index contributed by atoms with van der Waals surface area (Å²) >= 11 is 7.46. The molecule has 26 heavy (non-hydrogen) atoms. The van der Waals surface area contributed by atoms with Crippen molar-refractivity contribution in [2.75, 3.05) is 17.6 Å². The second kappa shape index (κ2) is 9.64. The number of hydrogen-bond donors (Lipinski definition) is 2. The Morgan fingerprint density at radius 1 is 1.31 bits per heavy atom. The van der Waals surface area contributed by atoms with E-state index < -0.39 is 0 Å². The number of carbonyl (C=O) groups excluding carboxylic acids is 2. The molecule has 0 atom stereocenters. The number of nitrogens with zero attached hydrogens (tertiary/aromatic N) is 1. The van der Waals surface area contributed by atoms with E-state index >= 15 is 0 Å². The molecule has 0 saturated heterocycles. The van der Waals surface area contributed by atoms with Crippen LogP contribution in [0.25, 0.3) is 0 Å². The molecule has 140 valence electrons. The molecular weight excluding hydrogens is 374 g/mol. The number of amides is 2. The quantitative estimate of drug-likeness (QED) is 0.706. The summed E-state index contributed by atoms with van der Waals surface area (Å²) < 4.78 is 5.11. The Kier molecular flexibility index (Phi) is 7.53. The molecule has 2 rings (SSSR count).